The molecule has 1 heterocycles. The number of anilines is 1. The molecule has 1 N–H and O–H groups in total. The summed E-state index contributed by atoms with van der Waals surface area (Å²) in [5, 5.41) is 12.5. The second kappa shape index (κ2) is 5.97. The molecule has 0 spiro atoms. The number of thiophene rings is 1. The van der Waals surface area contributed by atoms with Crippen LogP contribution in [0, 0.1) is 0 Å². The number of carboxylic acids is 1. The quantitative estimate of drug-likeness (QED) is 0.774. The minimum Gasteiger partial charge on any atom is -0.480 e. The molecule has 21 heavy (non-hydrogen) atoms. The normalized spacial score (nSPS) is 10.7. The van der Waals surface area contributed by atoms with Crippen LogP contribution in [0.15, 0.2) is 60.0 Å². The Labute approximate surface area is 127 Å². The number of carboxylic acid groups (broad SMARTS) is 1. The zero-order valence-electron chi connectivity index (χ0n) is 11.4. The van der Waals surface area contributed by atoms with Crippen LogP contribution in [0.2, 0.25) is 0 Å². The van der Waals surface area contributed by atoms with Crippen LogP contribution < -0.4 is 4.90 Å². The average Bonchev–Trinajstić information content (AvgIpc) is 2.90. The molecule has 4 heteroatoms. The van der Waals surface area contributed by atoms with E-state index < -0.39 is 5.97 Å². The number of nitrogens with zero attached hydrogens (tertiary/aromatic N) is 1. The summed E-state index contributed by atoms with van der Waals surface area (Å²) >= 11 is 1.70. The lowest BCUT2D eigenvalue weighted by Crippen LogP contribution is -2.28. The Morgan fingerprint density at radius 2 is 1.76 bits per heavy atom. The molecule has 1 aromatic heterocycles. The van der Waals surface area contributed by atoms with Gasteiger partial charge >= 0.3 is 5.97 Å². The van der Waals surface area contributed by atoms with E-state index in [0.717, 1.165) is 5.69 Å². The average molecular weight is 297 g/mol. The van der Waals surface area contributed by atoms with Crippen molar-refractivity contribution in [2.45, 2.75) is 6.54 Å². The lowest BCUT2D eigenvalue weighted by Gasteiger charge is -2.22. The zero-order valence-corrected chi connectivity index (χ0v) is 12.2. The Bertz CT molecular complexity index is 752. The van der Waals surface area contributed by atoms with Crippen LogP contribution in [-0.2, 0) is 11.3 Å². The molecule has 0 amide bonds. The van der Waals surface area contributed by atoms with Crippen molar-refractivity contribution in [1.29, 1.82) is 0 Å². The lowest BCUT2D eigenvalue weighted by atomic mass is 10.1. The molecule has 106 valence electrons. The molecule has 0 saturated heterocycles. The van der Waals surface area contributed by atoms with Gasteiger partial charge in [-0.25, -0.2) is 0 Å². The van der Waals surface area contributed by atoms with Gasteiger partial charge < -0.3 is 10.0 Å². The smallest absolute Gasteiger partial charge is 0.323 e. The SMILES string of the molecule is O=C(O)CN(Cc1csc2ccccc12)c1ccccc1. The van der Waals surface area contributed by atoms with Gasteiger partial charge in [-0.2, -0.15) is 0 Å². The van der Waals surface area contributed by atoms with Crippen molar-refractivity contribution in [3.63, 3.8) is 0 Å². The second-order valence-corrected chi connectivity index (χ2v) is 5.75. The van der Waals surface area contributed by atoms with Crippen molar-refractivity contribution >= 4 is 33.1 Å². The molecule has 0 unspecified atom stereocenters. The molecule has 2 aromatic carbocycles. The van der Waals surface area contributed by atoms with Gasteiger partial charge in [-0.3, -0.25) is 4.79 Å². The summed E-state index contributed by atoms with van der Waals surface area (Å²) in [6.45, 7) is 0.592. The maximum Gasteiger partial charge on any atom is 0.323 e. The van der Waals surface area contributed by atoms with Gasteiger partial charge in [0.2, 0.25) is 0 Å². The number of aliphatic carboxylic acids is 1. The van der Waals surface area contributed by atoms with Crippen LogP contribution in [0.4, 0.5) is 5.69 Å². The topological polar surface area (TPSA) is 40.5 Å². The molecule has 0 bridgehead atoms. The van der Waals surface area contributed by atoms with Gasteiger partial charge in [0.05, 0.1) is 0 Å². The first-order chi connectivity index (χ1) is 10.2. The van der Waals surface area contributed by atoms with E-state index in [4.69, 9.17) is 5.11 Å². The summed E-state index contributed by atoms with van der Waals surface area (Å²) in [5.41, 5.74) is 2.09. The fraction of sp³-hybridized carbons (Fsp3) is 0.118. The Hall–Kier alpha value is -2.33. The van der Waals surface area contributed by atoms with Crippen molar-refractivity contribution in [3.8, 4) is 0 Å². The first-order valence-electron chi connectivity index (χ1n) is 6.71. The van der Waals surface area contributed by atoms with Crippen LogP contribution in [0.3, 0.4) is 0 Å². The van der Waals surface area contributed by atoms with Crippen molar-refractivity contribution in [3.05, 3.63) is 65.5 Å². The van der Waals surface area contributed by atoms with E-state index in [1.54, 1.807) is 11.3 Å². The molecule has 3 rings (SSSR count). The van der Waals surface area contributed by atoms with E-state index in [1.165, 1.54) is 15.6 Å². The Morgan fingerprint density at radius 1 is 1.05 bits per heavy atom. The molecule has 0 radical (unpaired) electrons. The van der Waals surface area contributed by atoms with Gasteiger partial charge in [0, 0.05) is 16.9 Å². The molecule has 0 aliphatic carbocycles. The molecule has 0 saturated carbocycles. The van der Waals surface area contributed by atoms with E-state index in [0.29, 0.717) is 6.54 Å². The van der Waals surface area contributed by atoms with E-state index in [2.05, 4.69) is 17.5 Å². The highest BCUT2D eigenvalue weighted by Crippen LogP contribution is 2.28. The molecule has 3 nitrogen and oxygen atoms in total. The summed E-state index contributed by atoms with van der Waals surface area (Å²) in [5.74, 6) is -0.821. The van der Waals surface area contributed by atoms with Crippen molar-refractivity contribution in [2.24, 2.45) is 0 Å². The van der Waals surface area contributed by atoms with Crippen molar-refractivity contribution < 1.29 is 9.90 Å². The van der Waals surface area contributed by atoms with Gasteiger partial charge in [0.1, 0.15) is 6.54 Å². The molecular formula is C17H15NO2S. The Kier molecular flexibility index (Phi) is 3.88. The molecule has 0 atom stereocenters. The third-order valence-electron chi connectivity index (χ3n) is 3.37. The minimum atomic E-state index is -0.821. The van der Waals surface area contributed by atoms with E-state index in [1.807, 2.05) is 47.4 Å². The zero-order chi connectivity index (χ0) is 14.7. The number of hydrogen-bond acceptors (Lipinski definition) is 3. The monoisotopic (exact) mass is 297 g/mol. The minimum absolute atomic E-state index is 0.00577. The highest BCUT2D eigenvalue weighted by Gasteiger charge is 2.13. The van der Waals surface area contributed by atoms with Gasteiger partial charge in [0.25, 0.3) is 0 Å². The van der Waals surface area contributed by atoms with Crippen LogP contribution >= 0.6 is 11.3 Å². The Morgan fingerprint density at radius 3 is 2.52 bits per heavy atom. The maximum atomic E-state index is 11.1. The van der Waals surface area contributed by atoms with Crippen LogP contribution in [0.5, 0.6) is 0 Å². The second-order valence-electron chi connectivity index (χ2n) is 4.84. The molecule has 0 aliphatic rings. The highest BCUT2D eigenvalue weighted by atomic mass is 32.1. The summed E-state index contributed by atoms with van der Waals surface area (Å²) in [7, 11) is 0. The number of benzene rings is 2. The van der Waals surface area contributed by atoms with Gasteiger partial charge in [-0.15, -0.1) is 11.3 Å². The van der Waals surface area contributed by atoms with Crippen molar-refractivity contribution in [1.82, 2.24) is 0 Å². The predicted molar refractivity (Wildman–Crippen MR) is 87.0 cm³/mol. The first kappa shape index (κ1) is 13.6. The van der Waals surface area contributed by atoms with E-state index in [9.17, 15) is 4.79 Å². The molecule has 0 fully saturated rings. The maximum absolute atomic E-state index is 11.1. The first-order valence-corrected chi connectivity index (χ1v) is 7.59. The van der Waals surface area contributed by atoms with Gasteiger partial charge in [0.15, 0.2) is 0 Å². The molecule has 3 aromatic rings. The summed E-state index contributed by atoms with van der Waals surface area (Å²) in [6.07, 6.45) is 0. The fourth-order valence-corrected chi connectivity index (χ4v) is 3.36. The number of hydrogen-bond donors (Lipinski definition) is 1. The molecule has 0 aliphatic heterocycles. The predicted octanol–water partition coefficient (Wildman–Crippen LogP) is 3.99. The standard InChI is InChI=1S/C17H15NO2S/c19-17(20)11-18(14-6-2-1-3-7-14)10-13-12-21-16-9-5-4-8-15(13)16/h1-9,12H,10-11H2,(H,19,20). The number of fused-ring (bicyclic) bond motifs is 1. The fourth-order valence-electron chi connectivity index (χ4n) is 2.40. The largest absolute Gasteiger partial charge is 0.480 e. The van der Waals surface area contributed by atoms with Crippen LogP contribution in [-0.4, -0.2) is 17.6 Å². The third-order valence-corrected chi connectivity index (χ3v) is 4.38. The molecular weight excluding hydrogens is 282 g/mol. The van der Waals surface area contributed by atoms with E-state index >= 15 is 0 Å². The number of carbonyl (C=O) groups is 1. The summed E-state index contributed by atoms with van der Waals surface area (Å²) in [4.78, 5) is 13.0. The van der Waals surface area contributed by atoms with Crippen LogP contribution in [0.1, 0.15) is 5.56 Å². The summed E-state index contributed by atoms with van der Waals surface area (Å²) in [6, 6.07) is 17.9. The number of rotatable bonds is 5. The van der Waals surface area contributed by atoms with Crippen molar-refractivity contribution in [2.75, 3.05) is 11.4 Å². The lowest BCUT2D eigenvalue weighted by molar-refractivity contribution is -0.135. The Balaban J connectivity index is 1.93. The third kappa shape index (κ3) is 3.06. The number of para-hydroxylation sites is 1. The summed E-state index contributed by atoms with van der Waals surface area (Å²) < 4.78 is 1.23. The highest BCUT2D eigenvalue weighted by molar-refractivity contribution is 7.17. The van der Waals surface area contributed by atoms with Gasteiger partial charge in [-0.05, 0) is 34.5 Å². The van der Waals surface area contributed by atoms with Crippen LogP contribution in [0.25, 0.3) is 10.1 Å². The van der Waals surface area contributed by atoms with Gasteiger partial charge in [-0.1, -0.05) is 36.4 Å². The van der Waals surface area contributed by atoms with E-state index in [-0.39, 0.29) is 6.54 Å².